The molecule has 1 aliphatic rings. The summed E-state index contributed by atoms with van der Waals surface area (Å²) < 4.78 is 11.4. The number of nitrogens with zero attached hydrogens (tertiary/aromatic N) is 2. The molecule has 0 amide bonds. The molecule has 0 aliphatic carbocycles. The first-order valence-corrected chi connectivity index (χ1v) is 7.49. The van der Waals surface area contributed by atoms with E-state index in [0.717, 1.165) is 39.9 Å². The second-order valence-corrected chi connectivity index (χ2v) is 5.30. The average Bonchev–Trinajstić information content (AvgIpc) is 2.85. The van der Waals surface area contributed by atoms with E-state index in [-0.39, 0.29) is 0 Å². The van der Waals surface area contributed by atoms with Crippen molar-refractivity contribution in [2.75, 3.05) is 18.6 Å². The van der Waals surface area contributed by atoms with Gasteiger partial charge in [0.25, 0.3) is 0 Å². The number of hydrazine groups is 1. The first-order chi connectivity index (χ1) is 11.4. The van der Waals surface area contributed by atoms with Gasteiger partial charge in [-0.3, -0.25) is 0 Å². The normalized spacial score (nSPS) is 13.6. The van der Waals surface area contributed by atoms with Crippen LogP contribution >= 0.6 is 0 Å². The Balaban J connectivity index is 1.88. The first kappa shape index (κ1) is 13.8. The van der Waals surface area contributed by atoms with Crippen LogP contribution in [0.15, 0.2) is 42.5 Å². The molecule has 0 atom stereocenters. The van der Waals surface area contributed by atoms with Crippen molar-refractivity contribution in [3.63, 3.8) is 0 Å². The lowest BCUT2D eigenvalue weighted by Crippen LogP contribution is -2.10. The Labute approximate surface area is 133 Å². The van der Waals surface area contributed by atoms with Gasteiger partial charge in [-0.25, -0.2) is 5.84 Å². The van der Waals surface area contributed by atoms with Crippen molar-refractivity contribution in [3.8, 4) is 22.8 Å². The van der Waals surface area contributed by atoms with Crippen molar-refractivity contribution in [1.29, 1.82) is 0 Å². The Bertz CT molecular complexity index is 866. The van der Waals surface area contributed by atoms with Crippen molar-refractivity contribution in [3.05, 3.63) is 42.5 Å². The summed E-state index contributed by atoms with van der Waals surface area (Å²) in [6.07, 6.45) is 0.879. The Morgan fingerprint density at radius 1 is 0.913 bits per heavy atom. The lowest BCUT2D eigenvalue weighted by Gasteiger charge is -2.11. The fourth-order valence-corrected chi connectivity index (χ4v) is 2.73. The van der Waals surface area contributed by atoms with Crippen molar-refractivity contribution >= 4 is 16.6 Å². The lowest BCUT2D eigenvalue weighted by molar-refractivity contribution is 0.297. The van der Waals surface area contributed by atoms with Crippen molar-refractivity contribution < 1.29 is 9.47 Å². The van der Waals surface area contributed by atoms with E-state index in [1.54, 1.807) is 0 Å². The average molecular weight is 308 g/mol. The molecule has 3 N–H and O–H groups in total. The minimum Gasteiger partial charge on any atom is -0.490 e. The summed E-state index contributed by atoms with van der Waals surface area (Å²) in [5.41, 5.74) is 4.31. The number of hydrogen-bond acceptors (Lipinski definition) is 6. The molecule has 3 aromatic rings. The number of benzene rings is 2. The van der Waals surface area contributed by atoms with Gasteiger partial charge in [0.2, 0.25) is 0 Å². The Morgan fingerprint density at radius 3 is 2.52 bits per heavy atom. The van der Waals surface area contributed by atoms with Crippen LogP contribution in [0.3, 0.4) is 0 Å². The third-order valence-corrected chi connectivity index (χ3v) is 3.84. The number of hydrogen-bond donors (Lipinski definition) is 2. The number of aromatic nitrogens is 2. The number of anilines is 1. The maximum atomic E-state index is 5.76. The number of nitrogens with two attached hydrogens (primary N) is 1. The first-order valence-electron chi connectivity index (χ1n) is 7.49. The predicted octanol–water partition coefficient (Wildman–Crippen LogP) is 2.74. The Morgan fingerprint density at radius 2 is 1.70 bits per heavy atom. The summed E-state index contributed by atoms with van der Waals surface area (Å²) in [6.45, 7) is 1.32. The van der Waals surface area contributed by atoms with Crippen LogP contribution in [-0.2, 0) is 0 Å². The standard InChI is InChI=1S/C17H16N4O2/c18-19-17-13-5-2-1-4-12(13)16(20-21-17)11-6-7-14-15(10-11)23-9-3-8-22-14/h1-2,4-7,10H,3,8-9,18H2,(H,19,21). The molecule has 0 saturated heterocycles. The highest BCUT2D eigenvalue weighted by atomic mass is 16.5. The van der Waals surface area contributed by atoms with E-state index in [2.05, 4.69) is 15.6 Å². The highest BCUT2D eigenvalue weighted by Gasteiger charge is 2.15. The molecule has 0 bridgehead atoms. The van der Waals surface area contributed by atoms with Gasteiger partial charge in [-0.2, -0.15) is 0 Å². The van der Waals surface area contributed by atoms with Crippen molar-refractivity contribution in [2.45, 2.75) is 6.42 Å². The number of ether oxygens (including phenoxy) is 2. The van der Waals surface area contributed by atoms with Gasteiger partial charge in [0, 0.05) is 22.8 Å². The van der Waals surface area contributed by atoms with Crippen molar-refractivity contribution in [1.82, 2.24) is 10.2 Å². The molecule has 6 heteroatoms. The zero-order valence-corrected chi connectivity index (χ0v) is 12.5. The van der Waals surface area contributed by atoms with E-state index in [9.17, 15) is 0 Å². The van der Waals surface area contributed by atoms with E-state index in [1.165, 1.54) is 0 Å². The van der Waals surface area contributed by atoms with E-state index < -0.39 is 0 Å². The molecule has 23 heavy (non-hydrogen) atoms. The molecule has 4 rings (SSSR count). The highest BCUT2D eigenvalue weighted by molar-refractivity contribution is 6.00. The van der Waals surface area contributed by atoms with E-state index in [0.29, 0.717) is 19.0 Å². The minimum absolute atomic E-state index is 0.554. The molecule has 0 fully saturated rings. The molecule has 0 radical (unpaired) electrons. The zero-order valence-electron chi connectivity index (χ0n) is 12.5. The monoisotopic (exact) mass is 308 g/mol. The van der Waals surface area contributed by atoms with Crippen LogP contribution in [0.5, 0.6) is 11.5 Å². The molecule has 0 saturated carbocycles. The maximum Gasteiger partial charge on any atom is 0.170 e. The Kier molecular flexibility index (Phi) is 3.44. The summed E-state index contributed by atoms with van der Waals surface area (Å²) in [5, 5.41) is 10.4. The maximum absolute atomic E-state index is 5.76. The third-order valence-electron chi connectivity index (χ3n) is 3.84. The van der Waals surface area contributed by atoms with Crippen LogP contribution in [0.1, 0.15) is 6.42 Å². The molecule has 6 nitrogen and oxygen atoms in total. The highest BCUT2D eigenvalue weighted by Crippen LogP contribution is 2.36. The number of rotatable bonds is 2. The molecule has 1 aromatic heterocycles. The van der Waals surface area contributed by atoms with E-state index in [4.69, 9.17) is 15.3 Å². The van der Waals surface area contributed by atoms with Gasteiger partial charge in [-0.05, 0) is 18.2 Å². The van der Waals surface area contributed by atoms with Crippen molar-refractivity contribution in [2.24, 2.45) is 5.84 Å². The van der Waals surface area contributed by atoms with Gasteiger partial charge in [-0.1, -0.05) is 24.3 Å². The summed E-state index contributed by atoms with van der Waals surface area (Å²) in [6, 6.07) is 13.7. The van der Waals surface area contributed by atoms with Crippen LogP contribution in [0.4, 0.5) is 5.82 Å². The van der Waals surface area contributed by atoms with Crippen LogP contribution in [0.25, 0.3) is 22.0 Å². The SMILES string of the molecule is NNc1nnc(-c2ccc3c(c2)OCCCO3)c2ccccc12. The van der Waals surface area contributed by atoms with Crippen LogP contribution in [-0.4, -0.2) is 23.4 Å². The van der Waals surface area contributed by atoms with E-state index in [1.807, 2.05) is 42.5 Å². The molecule has 0 spiro atoms. The number of nitrogen functional groups attached to an aromatic ring is 1. The largest absolute Gasteiger partial charge is 0.490 e. The minimum atomic E-state index is 0.554. The second-order valence-electron chi connectivity index (χ2n) is 5.30. The molecular formula is C17H16N4O2. The van der Waals surface area contributed by atoms with Gasteiger partial charge in [0.1, 0.15) is 5.69 Å². The van der Waals surface area contributed by atoms with Gasteiger partial charge in [-0.15, -0.1) is 10.2 Å². The van der Waals surface area contributed by atoms with Gasteiger partial charge in [0.05, 0.1) is 13.2 Å². The number of nitrogens with one attached hydrogen (secondary N) is 1. The van der Waals surface area contributed by atoms with Crippen LogP contribution in [0, 0.1) is 0 Å². The van der Waals surface area contributed by atoms with Crippen LogP contribution in [0.2, 0.25) is 0 Å². The zero-order chi connectivity index (χ0) is 15.6. The molecule has 2 heterocycles. The summed E-state index contributed by atoms with van der Waals surface area (Å²) >= 11 is 0. The van der Waals surface area contributed by atoms with Crippen LogP contribution < -0.4 is 20.7 Å². The second kappa shape index (κ2) is 5.73. The smallest absolute Gasteiger partial charge is 0.170 e. The molecule has 1 aliphatic heterocycles. The van der Waals surface area contributed by atoms with Gasteiger partial charge in [0.15, 0.2) is 17.3 Å². The van der Waals surface area contributed by atoms with E-state index >= 15 is 0 Å². The fraction of sp³-hybridized carbons (Fsp3) is 0.176. The van der Waals surface area contributed by atoms with Gasteiger partial charge >= 0.3 is 0 Å². The molecule has 116 valence electrons. The summed E-state index contributed by atoms with van der Waals surface area (Å²) in [5.74, 6) is 7.59. The molecular weight excluding hydrogens is 292 g/mol. The van der Waals surface area contributed by atoms with Gasteiger partial charge < -0.3 is 14.9 Å². The molecule has 0 unspecified atom stereocenters. The Hall–Kier alpha value is -2.86. The third kappa shape index (κ3) is 2.43. The lowest BCUT2D eigenvalue weighted by atomic mass is 10.0. The fourth-order valence-electron chi connectivity index (χ4n) is 2.73. The number of fused-ring (bicyclic) bond motifs is 2. The quantitative estimate of drug-likeness (QED) is 0.559. The summed E-state index contributed by atoms with van der Waals surface area (Å²) in [7, 11) is 0. The predicted molar refractivity (Wildman–Crippen MR) is 88.4 cm³/mol. The summed E-state index contributed by atoms with van der Waals surface area (Å²) in [4.78, 5) is 0. The molecule has 2 aromatic carbocycles. The topological polar surface area (TPSA) is 82.3 Å².